The predicted octanol–water partition coefficient (Wildman–Crippen LogP) is 3.33. The summed E-state index contributed by atoms with van der Waals surface area (Å²) < 4.78 is 0. The van der Waals surface area contributed by atoms with Crippen LogP contribution in [0.4, 0.5) is 0 Å². The summed E-state index contributed by atoms with van der Waals surface area (Å²) in [6.45, 7) is 3.58. The number of phenolic OH excluding ortho intramolecular Hbond substituents is 1. The summed E-state index contributed by atoms with van der Waals surface area (Å²) in [5, 5.41) is 31.5. The molecule has 20 heavy (non-hydrogen) atoms. The fourth-order valence-corrected chi connectivity index (χ4v) is 2.64. The zero-order valence-electron chi connectivity index (χ0n) is 11.0. The molecule has 1 aliphatic heterocycles. The first-order valence-corrected chi connectivity index (χ1v) is 6.34. The van der Waals surface area contributed by atoms with Crippen molar-refractivity contribution >= 4 is 11.6 Å². The van der Waals surface area contributed by atoms with Crippen LogP contribution in [0, 0.1) is 22.7 Å². The summed E-state index contributed by atoms with van der Waals surface area (Å²) in [6.07, 6.45) is 0. The average Bonchev–Trinajstić information content (AvgIpc) is 2.38. The fourth-order valence-electron chi connectivity index (χ4n) is 2.35. The number of phenols is 1. The molecular formula is C15H12ClN3O. The van der Waals surface area contributed by atoms with Gasteiger partial charge >= 0.3 is 0 Å². The van der Waals surface area contributed by atoms with Gasteiger partial charge < -0.3 is 10.4 Å². The molecule has 0 aliphatic carbocycles. The molecule has 1 aromatic rings. The van der Waals surface area contributed by atoms with Gasteiger partial charge in [0.05, 0.1) is 29.2 Å². The number of hydrogen-bond acceptors (Lipinski definition) is 4. The van der Waals surface area contributed by atoms with E-state index in [1.807, 2.05) is 0 Å². The van der Waals surface area contributed by atoms with Crippen molar-refractivity contribution in [2.24, 2.45) is 0 Å². The number of hydrogen-bond donors (Lipinski definition) is 2. The molecule has 0 atom stereocenters. The minimum absolute atomic E-state index is 0.0473. The second-order valence-electron chi connectivity index (χ2n) is 4.56. The Balaban J connectivity index is 2.69. The van der Waals surface area contributed by atoms with Gasteiger partial charge in [0.1, 0.15) is 5.75 Å². The third-order valence-electron chi connectivity index (χ3n) is 3.30. The summed E-state index contributed by atoms with van der Waals surface area (Å²) >= 11 is 6.16. The van der Waals surface area contributed by atoms with Crippen molar-refractivity contribution in [3.63, 3.8) is 0 Å². The molecule has 0 saturated carbocycles. The number of halogens is 1. The second-order valence-corrected chi connectivity index (χ2v) is 4.97. The number of allylic oxidation sites excluding steroid dienone is 4. The Kier molecular flexibility index (Phi) is 3.70. The van der Waals surface area contributed by atoms with Gasteiger partial charge in [0.15, 0.2) is 0 Å². The van der Waals surface area contributed by atoms with Crippen molar-refractivity contribution in [2.75, 3.05) is 0 Å². The van der Waals surface area contributed by atoms with Crippen molar-refractivity contribution in [2.45, 2.75) is 19.8 Å². The number of nitrogens with zero attached hydrogens (tertiary/aromatic N) is 2. The highest BCUT2D eigenvalue weighted by molar-refractivity contribution is 6.31. The van der Waals surface area contributed by atoms with E-state index in [0.29, 0.717) is 33.1 Å². The molecule has 1 aliphatic rings. The Labute approximate surface area is 122 Å². The summed E-state index contributed by atoms with van der Waals surface area (Å²) in [5.74, 6) is -0.453. The number of dihydropyridines is 1. The highest BCUT2D eigenvalue weighted by Crippen LogP contribution is 2.40. The molecule has 1 heterocycles. The molecule has 5 heteroatoms. The quantitative estimate of drug-likeness (QED) is 0.829. The molecule has 0 spiro atoms. The maximum absolute atomic E-state index is 9.44. The predicted molar refractivity (Wildman–Crippen MR) is 75.6 cm³/mol. The molecule has 0 bridgehead atoms. The van der Waals surface area contributed by atoms with Crippen LogP contribution in [-0.4, -0.2) is 5.11 Å². The van der Waals surface area contributed by atoms with Gasteiger partial charge in [-0.2, -0.15) is 10.5 Å². The van der Waals surface area contributed by atoms with E-state index in [9.17, 15) is 15.6 Å². The minimum Gasteiger partial charge on any atom is -0.508 e. The Bertz CT molecular complexity index is 684. The van der Waals surface area contributed by atoms with Crippen LogP contribution in [0.15, 0.2) is 40.7 Å². The van der Waals surface area contributed by atoms with Crippen molar-refractivity contribution in [3.8, 4) is 17.9 Å². The SMILES string of the molecule is CC1=C(C#N)C(c2ccc(O)cc2Cl)C(C#N)=C(C)N1. The van der Waals surface area contributed by atoms with E-state index in [4.69, 9.17) is 11.6 Å². The lowest BCUT2D eigenvalue weighted by atomic mass is 9.81. The van der Waals surface area contributed by atoms with Gasteiger partial charge in [0.25, 0.3) is 0 Å². The lowest BCUT2D eigenvalue weighted by Crippen LogP contribution is -2.23. The third kappa shape index (κ3) is 2.22. The molecule has 0 amide bonds. The van der Waals surface area contributed by atoms with Crippen LogP contribution in [0.2, 0.25) is 5.02 Å². The number of benzene rings is 1. The molecule has 2 N–H and O–H groups in total. The zero-order chi connectivity index (χ0) is 14.9. The highest BCUT2D eigenvalue weighted by atomic mass is 35.5. The Hall–Kier alpha value is -2.43. The standard InChI is InChI=1S/C15H12ClN3O/c1-8-12(6-17)15(13(7-18)9(2)19-8)11-4-3-10(20)5-14(11)16/h3-5,15,19-20H,1-2H3. The number of aromatic hydroxyl groups is 1. The van der Waals surface area contributed by atoms with Gasteiger partial charge in [0.2, 0.25) is 0 Å². The number of nitrogens with one attached hydrogen (secondary N) is 1. The van der Waals surface area contributed by atoms with Crippen molar-refractivity contribution < 1.29 is 5.11 Å². The molecule has 0 fully saturated rings. The number of rotatable bonds is 1. The monoisotopic (exact) mass is 285 g/mol. The van der Waals surface area contributed by atoms with Gasteiger partial charge in [0, 0.05) is 16.4 Å². The molecule has 0 saturated heterocycles. The molecule has 1 aromatic carbocycles. The molecule has 2 rings (SSSR count). The Morgan fingerprint density at radius 2 is 1.70 bits per heavy atom. The van der Waals surface area contributed by atoms with Crippen LogP contribution in [0.5, 0.6) is 5.75 Å². The van der Waals surface area contributed by atoms with E-state index in [-0.39, 0.29) is 5.75 Å². The molecule has 0 radical (unpaired) electrons. The van der Waals surface area contributed by atoms with E-state index in [1.165, 1.54) is 12.1 Å². The van der Waals surface area contributed by atoms with Crippen LogP contribution in [0.1, 0.15) is 25.3 Å². The molecule has 0 aromatic heterocycles. The minimum atomic E-state index is -0.501. The third-order valence-corrected chi connectivity index (χ3v) is 3.62. The van der Waals surface area contributed by atoms with E-state index in [0.717, 1.165) is 0 Å². The van der Waals surface area contributed by atoms with E-state index < -0.39 is 5.92 Å². The van der Waals surface area contributed by atoms with Crippen molar-refractivity contribution in [1.82, 2.24) is 5.32 Å². The first-order valence-electron chi connectivity index (χ1n) is 5.96. The van der Waals surface area contributed by atoms with Crippen LogP contribution in [-0.2, 0) is 0 Å². The summed E-state index contributed by atoms with van der Waals surface area (Å²) in [6, 6.07) is 8.83. The van der Waals surface area contributed by atoms with Gasteiger partial charge in [-0.25, -0.2) is 0 Å². The van der Waals surface area contributed by atoms with Crippen molar-refractivity contribution in [1.29, 1.82) is 10.5 Å². The average molecular weight is 286 g/mol. The van der Waals surface area contributed by atoms with Gasteiger partial charge in [-0.3, -0.25) is 0 Å². The first-order chi connectivity index (χ1) is 9.49. The lowest BCUT2D eigenvalue weighted by molar-refractivity contribution is 0.475. The van der Waals surface area contributed by atoms with E-state index in [2.05, 4.69) is 17.5 Å². The molecule has 100 valence electrons. The fraction of sp³-hybridized carbons (Fsp3) is 0.200. The zero-order valence-corrected chi connectivity index (χ0v) is 11.8. The largest absolute Gasteiger partial charge is 0.508 e. The second kappa shape index (κ2) is 5.28. The maximum atomic E-state index is 9.44. The van der Waals surface area contributed by atoms with Gasteiger partial charge in [-0.1, -0.05) is 17.7 Å². The molecular weight excluding hydrogens is 274 g/mol. The summed E-state index contributed by atoms with van der Waals surface area (Å²) in [5.41, 5.74) is 2.97. The summed E-state index contributed by atoms with van der Waals surface area (Å²) in [7, 11) is 0. The van der Waals surface area contributed by atoms with Crippen LogP contribution in [0.25, 0.3) is 0 Å². The summed E-state index contributed by atoms with van der Waals surface area (Å²) in [4.78, 5) is 0. The van der Waals surface area contributed by atoms with Crippen LogP contribution < -0.4 is 5.32 Å². The normalized spacial score (nSPS) is 15.7. The van der Waals surface area contributed by atoms with Gasteiger partial charge in [-0.05, 0) is 31.5 Å². The van der Waals surface area contributed by atoms with Crippen molar-refractivity contribution in [3.05, 3.63) is 51.3 Å². The topological polar surface area (TPSA) is 79.8 Å². The molecule has 4 nitrogen and oxygen atoms in total. The maximum Gasteiger partial charge on any atom is 0.117 e. The van der Waals surface area contributed by atoms with Crippen LogP contribution >= 0.6 is 11.6 Å². The lowest BCUT2D eigenvalue weighted by Gasteiger charge is -2.26. The van der Waals surface area contributed by atoms with Crippen LogP contribution in [0.3, 0.4) is 0 Å². The smallest absolute Gasteiger partial charge is 0.117 e. The van der Waals surface area contributed by atoms with E-state index in [1.54, 1.807) is 19.9 Å². The molecule has 0 unspecified atom stereocenters. The highest BCUT2D eigenvalue weighted by Gasteiger charge is 2.30. The Morgan fingerprint density at radius 3 is 2.15 bits per heavy atom. The first kappa shape index (κ1) is 14.0. The Morgan fingerprint density at radius 1 is 1.15 bits per heavy atom. The van der Waals surface area contributed by atoms with E-state index >= 15 is 0 Å². The van der Waals surface area contributed by atoms with Gasteiger partial charge in [-0.15, -0.1) is 0 Å². The number of nitriles is 2.